The smallest absolute Gasteiger partial charge is 0.251 e. The second-order valence-corrected chi connectivity index (χ2v) is 5.76. The minimum absolute atomic E-state index is 0.0894. The standard InChI is InChI=1S/C14H13BrF2N2/c15-11-8-10-2-1-5-18-13(10)12(9-11)19-6-3-14(16,17)4-7-19/h1-2,5,8-9H,3-4,6-7H2. The van der Waals surface area contributed by atoms with E-state index in [1.54, 1.807) is 6.20 Å². The molecule has 0 bridgehead atoms. The van der Waals surface area contributed by atoms with E-state index < -0.39 is 5.92 Å². The molecule has 1 aromatic carbocycles. The van der Waals surface area contributed by atoms with Gasteiger partial charge in [0.2, 0.25) is 0 Å². The van der Waals surface area contributed by atoms with Crippen molar-refractivity contribution in [3.05, 3.63) is 34.9 Å². The largest absolute Gasteiger partial charge is 0.369 e. The fourth-order valence-corrected chi connectivity index (χ4v) is 2.92. The third kappa shape index (κ3) is 2.56. The van der Waals surface area contributed by atoms with Gasteiger partial charge in [0.15, 0.2) is 0 Å². The second kappa shape index (κ2) is 4.71. The number of aromatic nitrogens is 1. The highest BCUT2D eigenvalue weighted by atomic mass is 79.9. The normalized spacial score (nSPS) is 18.8. The van der Waals surface area contributed by atoms with E-state index in [1.807, 2.05) is 29.2 Å². The summed E-state index contributed by atoms with van der Waals surface area (Å²) in [6.07, 6.45) is 1.56. The average molecular weight is 327 g/mol. The van der Waals surface area contributed by atoms with Gasteiger partial charge in [-0.25, -0.2) is 8.78 Å². The number of hydrogen-bond acceptors (Lipinski definition) is 2. The summed E-state index contributed by atoms with van der Waals surface area (Å²) in [4.78, 5) is 6.38. The van der Waals surface area contributed by atoms with Crippen LogP contribution in [0.1, 0.15) is 12.8 Å². The van der Waals surface area contributed by atoms with Crippen LogP contribution >= 0.6 is 15.9 Å². The predicted molar refractivity (Wildman–Crippen MR) is 75.8 cm³/mol. The number of alkyl halides is 2. The van der Waals surface area contributed by atoms with Crippen LogP contribution in [-0.4, -0.2) is 24.0 Å². The Morgan fingerprint density at radius 1 is 1.21 bits per heavy atom. The lowest BCUT2D eigenvalue weighted by atomic mass is 10.1. The van der Waals surface area contributed by atoms with Crippen LogP contribution < -0.4 is 4.90 Å². The first-order valence-corrected chi connectivity index (χ1v) is 7.01. The Hall–Kier alpha value is -1.23. The molecule has 2 aromatic rings. The van der Waals surface area contributed by atoms with E-state index in [-0.39, 0.29) is 12.8 Å². The molecule has 19 heavy (non-hydrogen) atoms. The Labute approximate surface area is 118 Å². The van der Waals surface area contributed by atoms with E-state index in [0.717, 1.165) is 21.1 Å². The molecule has 0 spiro atoms. The zero-order valence-corrected chi connectivity index (χ0v) is 11.8. The van der Waals surface area contributed by atoms with Gasteiger partial charge in [-0.3, -0.25) is 4.98 Å². The van der Waals surface area contributed by atoms with Crippen molar-refractivity contribution >= 4 is 32.5 Å². The zero-order valence-electron chi connectivity index (χ0n) is 10.2. The molecule has 2 heterocycles. The lowest BCUT2D eigenvalue weighted by Crippen LogP contribution is -2.39. The third-order valence-electron chi connectivity index (χ3n) is 3.49. The molecule has 5 heteroatoms. The Morgan fingerprint density at radius 3 is 2.68 bits per heavy atom. The van der Waals surface area contributed by atoms with Gasteiger partial charge in [0, 0.05) is 42.0 Å². The minimum atomic E-state index is -2.52. The summed E-state index contributed by atoms with van der Waals surface area (Å²) in [7, 11) is 0. The molecular weight excluding hydrogens is 314 g/mol. The van der Waals surface area contributed by atoms with E-state index in [0.29, 0.717) is 13.1 Å². The van der Waals surface area contributed by atoms with Crippen LogP contribution in [0.3, 0.4) is 0 Å². The van der Waals surface area contributed by atoms with Gasteiger partial charge in [0.25, 0.3) is 5.92 Å². The Balaban J connectivity index is 2.01. The summed E-state index contributed by atoms with van der Waals surface area (Å²) in [6.45, 7) is 0.740. The number of benzene rings is 1. The number of fused-ring (bicyclic) bond motifs is 1. The monoisotopic (exact) mass is 326 g/mol. The summed E-state index contributed by atoms with van der Waals surface area (Å²) in [5.41, 5.74) is 1.80. The molecule has 0 amide bonds. The molecule has 0 saturated carbocycles. The van der Waals surface area contributed by atoms with Crippen molar-refractivity contribution in [2.45, 2.75) is 18.8 Å². The van der Waals surface area contributed by atoms with Gasteiger partial charge in [0.1, 0.15) is 0 Å². The Bertz CT molecular complexity index is 605. The van der Waals surface area contributed by atoms with Crippen molar-refractivity contribution in [3.8, 4) is 0 Å². The first-order valence-electron chi connectivity index (χ1n) is 6.22. The first-order chi connectivity index (χ1) is 9.05. The van der Waals surface area contributed by atoms with Crippen LogP contribution in [0.2, 0.25) is 0 Å². The third-order valence-corrected chi connectivity index (χ3v) is 3.94. The lowest BCUT2D eigenvalue weighted by molar-refractivity contribution is -0.0220. The van der Waals surface area contributed by atoms with Crippen molar-refractivity contribution in [3.63, 3.8) is 0 Å². The molecule has 1 saturated heterocycles. The number of pyridine rings is 1. The fourth-order valence-electron chi connectivity index (χ4n) is 2.45. The highest BCUT2D eigenvalue weighted by Gasteiger charge is 2.34. The van der Waals surface area contributed by atoms with Gasteiger partial charge in [0.05, 0.1) is 11.2 Å². The van der Waals surface area contributed by atoms with E-state index in [4.69, 9.17) is 0 Å². The molecule has 1 aliphatic heterocycles. The maximum absolute atomic E-state index is 13.2. The van der Waals surface area contributed by atoms with Gasteiger partial charge in [-0.05, 0) is 18.2 Å². The highest BCUT2D eigenvalue weighted by Crippen LogP contribution is 2.34. The van der Waals surface area contributed by atoms with Crippen LogP contribution in [0.5, 0.6) is 0 Å². The number of anilines is 1. The Morgan fingerprint density at radius 2 is 1.95 bits per heavy atom. The Kier molecular flexibility index (Phi) is 3.17. The van der Waals surface area contributed by atoms with Crippen molar-refractivity contribution in [1.82, 2.24) is 4.98 Å². The minimum Gasteiger partial charge on any atom is -0.369 e. The van der Waals surface area contributed by atoms with Crippen molar-refractivity contribution < 1.29 is 8.78 Å². The van der Waals surface area contributed by atoms with Crippen LogP contribution in [-0.2, 0) is 0 Å². The maximum Gasteiger partial charge on any atom is 0.251 e. The van der Waals surface area contributed by atoms with E-state index in [2.05, 4.69) is 20.9 Å². The summed E-state index contributed by atoms with van der Waals surface area (Å²) in [6, 6.07) is 7.81. The van der Waals surface area contributed by atoms with Crippen LogP contribution in [0, 0.1) is 0 Å². The van der Waals surface area contributed by atoms with E-state index in [1.165, 1.54) is 0 Å². The molecule has 0 atom stereocenters. The number of halogens is 3. The van der Waals surface area contributed by atoms with Crippen LogP contribution in [0.4, 0.5) is 14.5 Å². The molecule has 1 aromatic heterocycles. The molecule has 3 rings (SSSR count). The predicted octanol–water partition coefficient (Wildman–Crippen LogP) is 4.23. The maximum atomic E-state index is 13.2. The van der Waals surface area contributed by atoms with Crippen molar-refractivity contribution in [1.29, 1.82) is 0 Å². The van der Waals surface area contributed by atoms with Crippen LogP contribution in [0.25, 0.3) is 10.9 Å². The van der Waals surface area contributed by atoms with Crippen LogP contribution in [0.15, 0.2) is 34.9 Å². The van der Waals surface area contributed by atoms with Crippen molar-refractivity contribution in [2.24, 2.45) is 0 Å². The summed E-state index contributed by atoms with van der Waals surface area (Å²) >= 11 is 3.47. The van der Waals surface area contributed by atoms with E-state index in [9.17, 15) is 8.78 Å². The SMILES string of the molecule is FC1(F)CCN(c2cc(Br)cc3cccnc23)CC1. The quantitative estimate of drug-likeness (QED) is 0.779. The molecule has 1 aliphatic rings. The molecule has 2 nitrogen and oxygen atoms in total. The molecular formula is C14H13BrF2N2. The van der Waals surface area contributed by atoms with Gasteiger partial charge in [-0.15, -0.1) is 0 Å². The molecule has 0 aliphatic carbocycles. The lowest BCUT2D eigenvalue weighted by Gasteiger charge is -2.33. The highest BCUT2D eigenvalue weighted by molar-refractivity contribution is 9.10. The first kappa shape index (κ1) is 12.8. The molecule has 100 valence electrons. The second-order valence-electron chi connectivity index (χ2n) is 4.84. The molecule has 0 N–H and O–H groups in total. The molecule has 1 fully saturated rings. The summed E-state index contributed by atoms with van der Waals surface area (Å²) < 4.78 is 27.4. The zero-order chi connectivity index (χ0) is 13.5. The molecule has 0 radical (unpaired) electrons. The topological polar surface area (TPSA) is 16.1 Å². The average Bonchev–Trinajstić information content (AvgIpc) is 2.38. The number of rotatable bonds is 1. The van der Waals surface area contributed by atoms with E-state index >= 15 is 0 Å². The summed E-state index contributed by atoms with van der Waals surface area (Å²) in [5.74, 6) is -2.52. The fraction of sp³-hybridized carbons (Fsp3) is 0.357. The van der Waals surface area contributed by atoms with Crippen molar-refractivity contribution in [2.75, 3.05) is 18.0 Å². The number of piperidine rings is 1. The van der Waals surface area contributed by atoms with Gasteiger partial charge >= 0.3 is 0 Å². The van der Waals surface area contributed by atoms with Gasteiger partial charge < -0.3 is 4.90 Å². The summed E-state index contributed by atoms with van der Waals surface area (Å²) in [5, 5.41) is 1.02. The van der Waals surface area contributed by atoms with Gasteiger partial charge in [-0.2, -0.15) is 0 Å². The van der Waals surface area contributed by atoms with Gasteiger partial charge in [-0.1, -0.05) is 22.0 Å². The number of hydrogen-bond donors (Lipinski definition) is 0. The number of nitrogens with zero attached hydrogens (tertiary/aromatic N) is 2. The molecule has 0 unspecified atom stereocenters.